The van der Waals surface area contributed by atoms with E-state index in [1.807, 2.05) is 11.9 Å². The minimum absolute atomic E-state index is 0.274. The number of aromatic nitrogens is 1. The van der Waals surface area contributed by atoms with Crippen molar-refractivity contribution in [1.29, 1.82) is 0 Å². The van der Waals surface area contributed by atoms with E-state index < -0.39 is 10.0 Å². The van der Waals surface area contributed by atoms with Crippen LogP contribution in [-0.2, 0) is 10.0 Å². The predicted molar refractivity (Wildman–Crippen MR) is 52.5 cm³/mol. The van der Waals surface area contributed by atoms with Crippen LogP contribution in [0.3, 0.4) is 0 Å². The number of rotatable bonds is 0. The summed E-state index contributed by atoms with van der Waals surface area (Å²) in [4.78, 5) is 5.98. The second-order valence-electron chi connectivity index (χ2n) is 3.29. The first-order chi connectivity index (χ1) is 6.53. The molecule has 0 N–H and O–H groups in total. The van der Waals surface area contributed by atoms with E-state index in [1.54, 1.807) is 19.3 Å². The zero-order chi connectivity index (χ0) is 10.3. The lowest BCUT2D eigenvalue weighted by Crippen LogP contribution is -2.42. The Kier molecular flexibility index (Phi) is 1.97. The van der Waals surface area contributed by atoms with Gasteiger partial charge in [0.25, 0.3) is 0 Å². The average Bonchev–Trinajstić information content (AvgIpc) is 2.16. The molecule has 76 valence electrons. The molecular weight excluding hydrogens is 202 g/mol. The van der Waals surface area contributed by atoms with Crippen molar-refractivity contribution in [3.63, 3.8) is 0 Å². The van der Waals surface area contributed by atoms with Crippen molar-refractivity contribution < 1.29 is 8.42 Å². The third-order valence-electron chi connectivity index (χ3n) is 2.27. The molecule has 2 rings (SSSR count). The van der Waals surface area contributed by atoms with Crippen molar-refractivity contribution in [1.82, 2.24) is 9.29 Å². The van der Waals surface area contributed by atoms with Gasteiger partial charge in [-0.05, 0) is 6.07 Å². The van der Waals surface area contributed by atoms with Gasteiger partial charge in [-0.15, -0.1) is 0 Å². The number of hydrogen-bond donors (Lipinski definition) is 0. The fraction of sp³-hybridized carbons (Fsp3) is 0.375. The summed E-state index contributed by atoms with van der Waals surface area (Å²) in [5.41, 5.74) is 0.707. The van der Waals surface area contributed by atoms with Gasteiger partial charge in [-0.3, -0.25) is 4.98 Å². The third-order valence-corrected chi connectivity index (χ3v) is 4.08. The maximum absolute atomic E-state index is 11.8. The van der Waals surface area contributed by atoms with E-state index in [0.717, 1.165) is 0 Å². The minimum Gasteiger partial charge on any atom is -0.359 e. The largest absolute Gasteiger partial charge is 0.359 e. The van der Waals surface area contributed by atoms with Crippen LogP contribution in [0.5, 0.6) is 0 Å². The lowest BCUT2D eigenvalue weighted by molar-refractivity contribution is 0.458. The van der Waals surface area contributed by atoms with E-state index in [1.165, 1.54) is 10.5 Å². The average molecular weight is 213 g/mol. The number of nitrogens with zero attached hydrogens (tertiary/aromatic N) is 3. The van der Waals surface area contributed by atoms with Gasteiger partial charge in [0.2, 0.25) is 10.0 Å². The molecule has 6 heteroatoms. The summed E-state index contributed by atoms with van der Waals surface area (Å²) in [6.07, 6.45) is 2.98. The first-order valence-corrected chi connectivity index (χ1v) is 5.59. The molecule has 1 aliphatic rings. The van der Waals surface area contributed by atoms with Crippen molar-refractivity contribution in [2.75, 3.05) is 25.7 Å². The highest BCUT2D eigenvalue weighted by Crippen LogP contribution is 2.29. The van der Waals surface area contributed by atoms with Crippen molar-refractivity contribution >= 4 is 15.7 Å². The summed E-state index contributed by atoms with van der Waals surface area (Å²) in [5.74, 6) is 0. The summed E-state index contributed by atoms with van der Waals surface area (Å²) >= 11 is 0. The highest BCUT2D eigenvalue weighted by molar-refractivity contribution is 7.89. The van der Waals surface area contributed by atoms with Crippen LogP contribution in [-0.4, -0.2) is 38.5 Å². The summed E-state index contributed by atoms with van der Waals surface area (Å²) in [7, 11) is 0.0840. The summed E-state index contributed by atoms with van der Waals surface area (Å²) < 4.78 is 24.9. The predicted octanol–water partition coefficient (Wildman–Crippen LogP) is 0.109. The van der Waals surface area contributed by atoms with Gasteiger partial charge in [-0.2, -0.15) is 4.31 Å². The molecule has 5 nitrogen and oxygen atoms in total. The fourth-order valence-corrected chi connectivity index (χ4v) is 2.85. The zero-order valence-corrected chi connectivity index (χ0v) is 8.82. The van der Waals surface area contributed by atoms with E-state index >= 15 is 0 Å². The molecule has 0 bridgehead atoms. The molecule has 1 aromatic heterocycles. The Morgan fingerprint density at radius 3 is 2.86 bits per heavy atom. The molecule has 0 aromatic carbocycles. The normalized spacial score (nSPS) is 20.6. The van der Waals surface area contributed by atoms with Crippen molar-refractivity contribution in [3.05, 3.63) is 18.5 Å². The summed E-state index contributed by atoms with van der Waals surface area (Å²) in [5, 5.41) is 0. The number of anilines is 1. The summed E-state index contributed by atoms with van der Waals surface area (Å²) in [6, 6.07) is 1.71. The van der Waals surface area contributed by atoms with E-state index in [4.69, 9.17) is 0 Å². The molecule has 1 aromatic rings. The molecular formula is C8H11N3O2S. The van der Waals surface area contributed by atoms with Crippen LogP contribution in [0.15, 0.2) is 23.4 Å². The Morgan fingerprint density at radius 2 is 2.14 bits per heavy atom. The van der Waals surface area contributed by atoms with Crippen molar-refractivity contribution in [2.24, 2.45) is 0 Å². The molecule has 0 aliphatic carbocycles. The van der Waals surface area contributed by atoms with Crippen molar-refractivity contribution in [3.8, 4) is 0 Å². The lowest BCUT2D eigenvalue weighted by atomic mass is 10.4. The van der Waals surface area contributed by atoms with Crippen LogP contribution in [0.4, 0.5) is 5.69 Å². The molecule has 14 heavy (non-hydrogen) atoms. The second kappa shape index (κ2) is 2.93. The monoisotopic (exact) mass is 213 g/mol. The van der Waals surface area contributed by atoms with Gasteiger partial charge in [0.1, 0.15) is 4.90 Å². The smallest absolute Gasteiger partial charge is 0.247 e. The highest BCUT2D eigenvalue weighted by atomic mass is 32.2. The lowest BCUT2D eigenvalue weighted by Gasteiger charge is -2.32. The number of hydrogen-bond acceptors (Lipinski definition) is 4. The zero-order valence-electron chi connectivity index (χ0n) is 8.01. The molecule has 0 radical (unpaired) electrons. The Hall–Kier alpha value is -1.14. The molecule has 0 fully saturated rings. The van der Waals surface area contributed by atoms with E-state index in [2.05, 4.69) is 4.98 Å². The maximum atomic E-state index is 11.8. The molecule has 0 spiro atoms. The Labute approximate surface area is 83.0 Å². The van der Waals surface area contributed by atoms with Crippen LogP contribution in [0.2, 0.25) is 0 Å². The number of pyridine rings is 1. The molecule has 1 aliphatic heterocycles. The maximum Gasteiger partial charge on any atom is 0.247 e. The molecule has 0 amide bonds. The third kappa shape index (κ3) is 1.18. The minimum atomic E-state index is -3.32. The molecule has 0 saturated heterocycles. The summed E-state index contributed by atoms with van der Waals surface area (Å²) in [6.45, 7) is 0.374. The van der Waals surface area contributed by atoms with Gasteiger partial charge in [0.05, 0.1) is 12.4 Å². The Bertz CT molecular complexity index is 457. The van der Waals surface area contributed by atoms with Gasteiger partial charge >= 0.3 is 0 Å². The van der Waals surface area contributed by atoms with Crippen LogP contribution in [0.25, 0.3) is 0 Å². The molecule has 2 heterocycles. The van der Waals surface area contributed by atoms with Gasteiger partial charge in [-0.25, -0.2) is 8.42 Å². The van der Waals surface area contributed by atoms with Gasteiger partial charge < -0.3 is 4.90 Å². The van der Waals surface area contributed by atoms with Crippen LogP contribution in [0.1, 0.15) is 0 Å². The van der Waals surface area contributed by atoms with E-state index in [-0.39, 0.29) is 4.90 Å². The first-order valence-electron chi connectivity index (χ1n) is 4.15. The van der Waals surface area contributed by atoms with Crippen LogP contribution < -0.4 is 4.90 Å². The van der Waals surface area contributed by atoms with Crippen molar-refractivity contribution in [2.45, 2.75) is 4.90 Å². The van der Waals surface area contributed by atoms with Crippen LogP contribution >= 0.6 is 0 Å². The van der Waals surface area contributed by atoms with E-state index in [0.29, 0.717) is 12.4 Å². The number of sulfonamides is 1. The standard InChI is InChI=1S/C8H11N3O2S/c1-10-6-11(2)14(12,13)8-5-9-4-3-7(8)10/h3-5H,6H2,1-2H3. The SMILES string of the molecule is CN1CN(C)S(=O)(=O)c2cnccc21. The Balaban J connectivity index is 2.69. The quantitative estimate of drug-likeness (QED) is 0.614. The van der Waals surface area contributed by atoms with Gasteiger partial charge in [-0.1, -0.05) is 0 Å². The fourth-order valence-electron chi connectivity index (χ4n) is 1.51. The molecule has 0 saturated carbocycles. The number of fused-ring (bicyclic) bond motifs is 1. The highest BCUT2D eigenvalue weighted by Gasteiger charge is 2.31. The van der Waals surface area contributed by atoms with Gasteiger partial charge in [0.15, 0.2) is 0 Å². The Morgan fingerprint density at radius 1 is 1.43 bits per heavy atom. The molecule has 0 atom stereocenters. The second-order valence-corrected chi connectivity index (χ2v) is 5.30. The molecule has 0 unspecified atom stereocenters. The van der Waals surface area contributed by atoms with E-state index in [9.17, 15) is 8.42 Å². The van der Waals surface area contributed by atoms with Gasteiger partial charge in [0, 0.05) is 26.5 Å². The topological polar surface area (TPSA) is 53.5 Å². The first kappa shape index (κ1) is 9.42. The van der Waals surface area contributed by atoms with Crippen LogP contribution in [0, 0.1) is 0 Å².